The molecule has 1 saturated heterocycles. The molecule has 2 atom stereocenters. The van der Waals surface area contributed by atoms with Crippen molar-refractivity contribution in [3.63, 3.8) is 0 Å². The van der Waals surface area contributed by atoms with Crippen molar-refractivity contribution in [2.24, 2.45) is 0 Å². The lowest BCUT2D eigenvalue weighted by molar-refractivity contribution is -0.132. The second-order valence-electron chi connectivity index (χ2n) is 10.2. The van der Waals surface area contributed by atoms with Gasteiger partial charge in [0, 0.05) is 12.0 Å². The number of thiazole rings is 1. The van der Waals surface area contributed by atoms with E-state index in [1.165, 1.54) is 4.90 Å². The fourth-order valence-electron chi connectivity index (χ4n) is 5.24. The lowest BCUT2D eigenvalue weighted by Gasteiger charge is -2.24. The number of carbonyl (C=O) groups is 3. The fraction of sp³-hybridized carbons (Fsp3) is 0.375. The second-order valence-corrected chi connectivity index (χ2v) is 11.2. The Kier molecular flexibility index (Phi) is 8.72. The number of rotatable bonds is 10. The number of carbonyl (C=O) groups excluding carboxylic acids is 3. The average molecular weight is 607 g/mol. The Bertz CT molecular complexity index is 1610. The van der Waals surface area contributed by atoms with E-state index in [1.54, 1.807) is 50.2 Å². The average Bonchev–Trinajstić information content (AvgIpc) is 3.63. The Balaban J connectivity index is 1.68. The minimum atomic E-state index is -1.07. The zero-order chi connectivity index (χ0) is 30.8. The summed E-state index contributed by atoms with van der Waals surface area (Å²) in [7, 11) is 0. The van der Waals surface area contributed by atoms with Crippen molar-refractivity contribution < 1.29 is 38.4 Å². The quantitative estimate of drug-likeness (QED) is 0.133. The Morgan fingerprint density at radius 2 is 1.88 bits per heavy atom. The minimum absolute atomic E-state index is 0.00913. The minimum Gasteiger partial charge on any atom is -0.507 e. The number of Topliss-reactive ketones (excluding diaryl/α,β-unsaturated/α-hetero) is 1. The van der Waals surface area contributed by atoms with Crippen LogP contribution in [0.2, 0.25) is 0 Å². The van der Waals surface area contributed by atoms with Gasteiger partial charge in [-0.15, -0.1) is 0 Å². The summed E-state index contributed by atoms with van der Waals surface area (Å²) >= 11 is 0.954. The first kappa shape index (κ1) is 30.1. The standard InChI is InChI=1S/C32H34N2O8S/c1-6-13-41-23-12-9-19(16-24(23)39-7-2)26-25(27(35)20-10-11-22-21(15-20)14-17(4)42-22)28(36)30(37)34(26)32-33-18(5)29(43-32)31(38)40-8-3/h9-12,15-17,26,35H,6-8,13-14H2,1-5H3/b27-25+/t17-,26-/m1/s1. The number of aliphatic hydroxyl groups excluding tert-OH is 1. The van der Waals surface area contributed by atoms with Gasteiger partial charge in [-0.05, 0) is 75.6 Å². The van der Waals surface area contributed by atoms with E-state index in [0.29, 0.717) is 48.0 Å². The molecule has 1 fully saturated rings. The largest absolute Gasteiger partial charge is 0.507 e. The lowest BCUT2D eigenvalue weighted by Crippen LogP contribution is -2.29. The monoisotopic (exact) mass is 606 g/mol. The summed E-state index contributed by atoms with van der Waals surface area (Å²) in [5.41, 5.74) is 2.04. The number of amides is 1. The number of ketones is 1. The number of aromatic nitrogens is 1. The molecule has 0 aliphatic carbocycles. The number of hydrogen-bond donors (Lipinski definition) is 1. The van der Waals surface area contributed by atoms with Crippen molar-refractivity contribution in [2.75, 3.05) is 24.7 Å². The number of esters is 1. The van der Waals surface area contributed by atoms with Crippen LogP contribution in [-0.2, 0) is 20.7 Å². The van der Waals surface area contributed by atoms with E-state index in [1.807, 2.05) is 20.8 Å². The van der Waals surface area contributed by atoms with Crippen LogP contribution in [0.4, 0.5) is 5.13 Å². The Morgan fingerprint density at radius 1 is 1.09 bits per heavy atom. The van der Waals surface area contributed by atoms with Crippen molar-refractivity contribution in [1.82, 2.24) is 4.98 Å². The Morgan fingerprint density at radius 3 is 2.60 bits per heavy atom. The van der Waals surface area contributed by atoms with Gasteiger partial charge in [-0.25, -0.2) is 9.78 Å². The summed E-state index contributed by atoms with van der Waals surface area (Å²) in [6, 6.07) is 9.28. The molecule has 1 amide bonds. The molecule has 10 nitrogen and oxygen atoms in total. The molecule has 2 aliphatic rings. The molecular formula is C32H34N2O8S. The fourth-order valence-corrected chi connectivity index (χ4v) is 6.22. The second kappa shape index (κ2) is 12.5. The summed E-state index contributed by atoms with van der Waals surface area (Å²) < 4.78 is 22.7. The molecule has 3 heterocycles. The summed E-state index contributed by atoms with van der Waals surface area (Å²) in [6.07, 6.45) is 1.44. The molecule has 5 rings (SSSR count). The van der Waals surface area contributed by atoms with Crippen LogP contribution in [0.3, 0.4) is 0 Å². The number of aliphatic hydroxyl groups is 1. The van der Waals surface area contributed by atoms with Crippen LogP contribution >= 0.6 is 11.3 Å². The van der Waals surface area contributed by atoms with Gasteiger partial charge in [0.2, 0.25) is 0 Å². The van der Waals surface area contributed by atoms with Crippen LogP contribution < -0.4 is 19.1 Å². The van der Waals surface area contributed by atoms with Crippen molar-refractivity contribution >= 4 is 39.9 Å². The van der Waals surface area contributed by atoms with Gasteiger partial charge >= 0.3 is 11.9 Å². The van der Waals surface area contributed by atoms with E-state index in [0.717, 1.165) is 29.1 Å². The first-order valence-corrected chi connectivity index (χ1v) is 15.1. The van der Waals surface area contributed by atoms with Crippen molar-refractivity contribution in [3.8, 4) is 17.2 Å². The topological polar surface area (TPSA) is 124 Å². The lowest BCUT2D eigenvalue weighted by atomic mass is 9.94. The zero-order valence-corrected chi connectivity index (χ0v) is 25.6. The molecule has 0 bridgehead atoms. The SMILES string of the molecule is CCCOc1ccc([C@@H]2/C(=C(\O)c3ccc4c(c3)C[C@@H](C)O4)C(=O)C(=O)N2c2nc(C)c(C(=O)OCC)s2)cc1OCC. The van der Waals surface area contributed by atoms with Gasteiger partial charge in [0.25, 0.3) is 5.78 Å². The van der Waals surface area contributed by atoms with Crippen LogP contribution in [-0.4, -0.2) is 53.7 Å². The van der Waals surface area contributed by atoms with Gasteiger partial charge in [-0.1, -0.05) is 24.3 Å². The highest BCUT2D eigenvalue weighted by Crippen LogP contribution is 2.46. The highest BCUT2D eigenvalue weighted by molar-refractivity contribution is 7.17. The number of fused-ring (bicyclic) bond motifs is 1. The predicted octanol–water partition coefficient (Wildman–Crippen LogP) is 5.77. The first-order chi connectivity index (χ1) is 20.7. The molecule has 2 aliphatic heterocycles. The Labute approximate surface area is 253 Å². The van der Waals surface area contributed by atoms with Crippen LogP contribution in [0.5, 0.6) is 17.2 Å². The summed E-state index contributed by atoms with van der Waals surface area (Å²) in [5, 5.41) is 11.8. The van der Waals surface area contributed by atoms with E-state index >= 15 is 0 Å². The third kappa shape index (κ3) is 5.69. The smallest absolute Gasteiger partial charge is 0.350 e. The number of hydrogen-bond acceptors (Lipinski definition) is 10. The highest BCUT2D eigenvalue weighted by atomic mass is 32.1. The molecule has 0 radical (unpaired) electrons. The van der Waals surface area contributed by atoms with Gasteiger partial charge < -0.3 is 24.1 Å². The summed E-state index contributed by atoms with van der Waals surface area (Å²) in [6.45, 7) is 10.1. The molecule has 0 unspecified atom stereocenters. The molecule has 3 aromatic rings. The van der Waals surface area contributed by atoms with E-state index in [2.05, 4.69) is 4.98 Å². The van der Waals surface area contributed by atoms with Gasteiger partial charge in [-0.2, -0.15) is 0 Å². The van der Waals surface area contributed by atoms with Crippen molar-refractivity contribution in [2.45, 2.75) is 59.6 Å². The first-order valence-electron chi connectivity index (χ1n) is 14.3. The van der Waals surface area contributed by atoms with Crippen LogP contribution in [0.15, 0.2) is 42.0 Å². The van der Waals surface area contributed by atoms with E-state index in [9.17, 15) is 19.5 Å². The molecule has 43 heavy (non-hydrogen) atoms. The van der Waals surface area contributed by atoms with Crippen LogP contribution in [0.1, 0.15) is 72.2 Å². The summed E-state index contributed by atoms with van der Waals surface area (Å²) in [5.74, 6) is -0.966. The third-order valence-electron chi connectivity index (χ3n) is 7.11. The number of ether oxygens (including phenoxy) is 4. The maximum Gasteiger partial charge on any atom is 0.350 e. The molecule has 11 heteroatoms. The molecule has 1 N–H and O–H groups in total. The molecule has 226 valence electrons. The van der Waals surface area contributed by atoms with Gasteiger partial charge in [0.15, 0.2) is 16.6 Å². The molecular weight excluding hydrogens is 572 g/mol. The Hall–Kier alpha value is -4.38. The maximum absolute atomic E-state index is 13.7. The van der Waals surface area contributed by atoms with Crippen LogP contribution in [0, 0.1) is 6.92 Å². The van der Waals surface area contributed by atoms with E-state index in [-0.39, 0.29) is 34.1 Å². The van der Waals surface area contributed by atoms with Gasteiger partial charge in [-0.3, -0.25) is 14.5 Å². The van der Waals surface area contributed by atoms with Gasteiger partial charge in [0.05, 0.1) is 37.1 Å². The molecule has 1 aromatic heterocycles. The summed E-state index contributed by atoms with van der Waals surface area (Å²) in [4.78, 5) is 46.0. The van der Waals surface area contributed by atoms with Crippen LogP contribution in [0.25, 0.3) is 5.76 Å². The third-order valence-corrected chi connectivity index (χ3v) is 8.25. The highest BCUT2D eigenvalue weighted by Gasteiger charge is 2.49. The van der Waals surface area contributed by atoms with Crippen molar-refractivity contribution in [1.29, 1.82) is 0 Å². The zero-order valence-electron chi connectivity index (χ0n) is 24.8. The normalized spacial score (nSPS) is 18.9. The van der Waals surface area contributed by atoms with Crippen molar-refractivity contribution in [3.05, 3.63) is 69.2 Å². The number of aryl methyl sites for hydroxylation is 1. The van der Waals surface area contributed by atoms with E-state index < -0.39 is 23.7 Å². The van der Waals surface area contributed by atoms with E-state index in [4.69, 9.17) is 18.9 Å². The molecule has 0 saturated carbocycles. The number of benzene rings is 2. The maximum atomic E-state index is 13.7. The molecule has 2 aromatic carbocycles. The molecule has 0 spiro atoms. The number of anilines is 1. The van der Waals surface area contributed by atoms with Gasteiger partial charge in [0.1, 0.15) is 22.5 Å². The number of nitrogens with zero attached hydrogens (tertiary/aromatic N) is 2. The predicted molar refractivity (Wildman–Crippen MR) is 161 cm³/mol.